The van der Waals surface area contributed by atoms with Crippen molar-refractivity contribution in [2.45, 2.75) is 32.4 Å². The van der Waals surface area contributed by atoms with Crippen LogP contribution in [0.25, 0.3) is 0 Å². The van der Waals surface area contributed by atoms with Crippen molar-refractivity contribution in [3.05, 3.63) is 36.9 Å². The maximum Gasteiger partial charge on any atom is 0.283 e. The fraction of sp³-hybridized carbons (Fsp3) is 0.462. The van der Waals surface area contributed by atoms with Gasteiger partial charge in [-0.2, -0.15) is 0 Å². The Morgan fingerprint density at radius 2 is 2.15 bits per heavy atom. The van der Waals surface area contributed by atoms with E-state index in [2.05, 4.69) is 29.6 Å². The van der Waals surface area contributed by atoms with Gasteiger partial charge in [-0.3, -0.25) is 9.36 Å². The fourth-order valence-electron chi connectivity index (χ4n) is 1.60. The number of carbonyl (C=O) groups is 1. The molecule has 0 bridgehead atoms. The Morgan fingerprint density at radius 3 is 2.80 bits per heavy atom. The molecule has 2 heterocycles. The Balaban J connectivity index is 1.85. The lowest BCUT2D eigenvalue weighted by Crippen LogP contribution is -2.21. The van der Waals surface area contributed by atoms with Crippen molar-refractivity contribution in [2.75, 3.05) is 6.61 Å². The van der Waals surface area contributed by atoms with Crippen LogP contribution in [0.5, 0.6) is 0 Å². The van der Waals surface area contributed by atoms with Crippen molar-refractivity contribution in [3.63, 3.8) is 0 Å². The van der Waals surface area contributed by atoms with Crippen LogP contribution in [0.3, 0.4) is 0 Å². The summed E-state index contributed by atoms with van der Waals surface area (Å²) in [5.41, 5.74) is 0.386. The number of carbonyl (C=O) groups excluding carboxylic acids is 1. The Hall–Kier alpha value is -1.73. The number of rotatable bonds is 6. The molecule has 2 aromatic rings. The Kier molecular flexibility index (Phi) is 4.51. The first-order valence-corrected chi connectivity index (χ1v) is 10.3. The van der Waals surface area contributed by atoms with Crippen molar-refractivity contribution in [2.24, 2.45) is 0 Å². The van der Waals surface area contributed by atoms with E-state index in [9.17, 15) is 4.79 Å². The Labute approximate surface area is 119 Å². The molecule has 0 aliphatic rings. The van der Waals surface area contributed by atoms with Gasteiger partial charge in [-0.05, 0) is 6.04 Å². The molecule has 0 amide bonds. The summed E-state index contributed by atoms with van der Waals surface area (Å²) in [6.07, 6.45) is 7.93. The normalized spacial score (nSPS) is 11.8. The van der Waals surface area contributed by atoms with Gasteiger partial charge in [0.2, 0.25) is 0 Å². The molecule has 0 unspecified atom stereocenters. The fourth-order valence-corrected chi connectivity index (χ4v) is 2.36. The summed E-state index contributed by atoms with van der Waals surface area (Å²) in [6.45, 7) is 8.12. The lowest BCUT2D eigenvalue weighted by Gasteiger charge is -2.15. The monoisotopic (exact) mass is 292 g/mol. The van der Waals surface area contributed by atoms with Gasteiger partial charge in [-0.25, -0.2) is 9.97 Å². The van der Waals surface area contributed by atoms with Crippen LogP contribution in [0, 0.1) is 0 Å². The van der Waals surface area contributed by atoms with Gasteiger partial charge in [0.1, 0.15) is 18.8 Å². The lowest BCUT2D eigenvalue weighted by molar-refractivity contribution is 0.0868. The van der Waals surface area contributed by atoms with Crippen LogP contribution in [0.4, 0.5) is 0 Å². The number of nitrogens with zero attached hydrogens (tertiary/aromatic N) is 4. The van der Waals surface area contributed by atoms with E-state index in [4.69, 9.17) is 4.74 Å². The van der Waals surface area contributed by atoms with Crippen LogP contribution in [0.2, 0.25) is 25.7 Å². The molecule has 0 spiro atoms. The van der Waals surface area contributed by atoms with Gasteiger partial charge in [-0.1, -0.05) is 19.6 Å². The van der Waals surface area contributed by atoms with Crippen LogP contribution >= 0.6 is 0 Å². The van der Waals surface area contributed by atoms with E-state index in [1.54, 1.807) is 29.5 Å². The highest BCUT2D eigenvalue weighted by molar-refractivity contribution is 6.76. The van der Waals surface area contributed by atoms with E-state index in [0.717, 1.165) is 12.7 Å². The van der Waals surface area contributed by atoms with Gasteiger partial charge < -0.3 is 9.30 Å². The molecule has 0 aromatic carbocycles. The number of aromatic nitrogens is 4. The Bertz CT molecular complexity index is 557. The quantitative estimate of drug-likeness (QED) is 0.604. The van der Waals surface area contributed by atoms with Crippen molar-refractivity contribution in [1.29, 1.82) is 0 Å². The minimum atomic E-state index is -1.06. The van der Waals surface area contributed by atoms with Crippen molar-refractivity contribution in [1.82, 2.24) is 19.1 Å². The minimum absolute atomic E-state index is 0.191. The molecule has 0 aliphatic heterocycles. The molecule has 0 atom stereocenters. The first-order chi connectivity index (χ1) is 9.46. The summed E-state index contributed by atoms with van der Waals surface area (Å²) in [7, 11) is -1.06. The van der Waals surface area contributed by atoms with Gasteiger partial charge in [0, 0.05) is 33.3 Å². The maximum absolute atomic E-state index is 12.0. The van der Waals surface area contributed by atoms with Gasteiger partial charge in [-0.15, -0.1) is 0 Å². The number of hydrogen-bond donors (Lipinski definition) is 0. The summed E-state index contributed by atoms with van der Waals surface area (Å²) in [4.78, 5) is 19.9. The summed E-state index contributed by atoms with van der Waals surface area (Å²) >= 11 is 0. The summed E-state index contributed by atoms with van der Waals surface area (Å²) in [6, 6.07) is 1.13. The summed E-state index contributed by atoms with van der Waals surface area (Å²) in [5, 5.41) is 0. The summed E-state index contributed by atoms with van der Waals surface area (Å²) in [5.74, 6) is -0.191. The van der Waals surface area contributed by atoms with Crippen molar-refractivity contribution >= 4 is 14.0 Å². The average Bonchev–Trinajstić information content (AvgIpc) is 3.04. The van der Waals surface area contributed by atoms with E-state index < -0.39 is 8.07 Å². The molecule has 6 nitrogen and oxygen atoms in total. The molecule has 7 heteroatoms. The van der Waals surface area contributed by atoms with Crippen LogP contribution in [0.1, 0.15) is 10.5 Å². The zero-order valence-electron chi connectivity index (χ0n) is 12.1. The van der Waals surface area contributed by atoms with Gasteiger partial charge in [0.05, 0.1) is 6.33 Å². The van der Waals surface area contributed by atoms with E-state index in [1.165, 1.54) is 10.9 Å². The average molecular weight is 292 g/mol. The van der Waals surface area contributed by atoms with Gasteiger partial charge in [0.25, 0.3) is 5.91 Å². The summed E-state index contributed by atoms with van der Waals surface area (Å²) < 4.78 is 8.78. The third kappa shape index (κ3) is 4.14. The first-order valence-electron chi connectivity index (χ1n) is 6.58. The molecule has 0 fully saturated rings. The predicted octanol–water partition coefficient (Wildman–Crippen LogP) is 2.08. The second kappa shape index (κ2) is 6.15. The molecule has 0 saturated carbocycles. The number of imidazole rings is 2. The van der Waals surface area contributed by atoms with Crippen LogP contribution in [-0.4, -0.2) is 39.7 Å². The molecule has 108 valence electrons. The third-order valence-corrected chi connectivity index (χ3v) is 4.53. The highest BCUT2D eigenvalue weighted by Gasteiger charge is 2.13. The highest BCUT2D eigenvalue weighted by Crippen LogP contribution is 2.08. The Morgan fingerprint density at radius 1 is 1.35 bits per heavy atom. The van der Waals surface area contributed by atoms with Gasteiger partial charge in [0.15, 0.2) is 0 Å². The van der Waals surface area contributed by atoms with E-state index in [1.807, 2.05) is 0 Å². The molecule has 0 radical (unpaired) electrons. The van der Waals surface area contributed by atoms with Crippen LogP contribution in [-0.2, 0) is 11.5 Å². The van der Waals surface area contributed by atoms with Crippen LogP contribution in [0.15, 0.2) is 31.2 Å². The molecular formula is C13H20N4O2Si. The van der Waals surface area contributed by atoms with E-state index >= 15 is 0 Å². The zero-order valence-corrected chi connectivity index (χ0v) is 13.1. The first kappa shape index (κ1) is 14.7. The topological polar surface area (TPSA) is 61.9 Å². The molecule has 0 saturated heterocycles. The molecular weight excluding hydrogens is 272 g/mol. The molecule has 2 rings (SSSR count). The van der Waals surface area contributed by atoms with Gasteiger partial charge >= 0.3 is 0 Å². The number of ether oxygens (including phenoxy) is 1. The van der Waals surface area contributed by atoms with E-state index in [-0.39, 0.29) is 5.91 Å². The second-order valence-electron chi connectivity index (χ2n) is 5.90. The molecule has 0 N–H and O–H groups in total. The minimum Gasteiger partial charge on any atom is -0.361 e. The second-order valence-corrected chi connectivity index (χ2v) is 11.5. The third-order valence-electron chi connectivity index (χ3n) is 2.83. The van der Waals surface area contributed by atoms with Crippen molar-refractivity contribution < 1.29 is 9.53 Å². The lowest BCUT2D eigenvalue weighted by atomic mass is 10.4. The van der Waals surface area contributed by atoms with E-state index in [0.29, 0.717) is 12.4 Å². The highest BCUT2D eigenvalue weighted by atomic mass is 28.3. The maximum atomic E-state index is 12.0. The SMILES string of the molecule is C[Si](C)(C)CCOCn1cnc(C(=O)n2ccnc2)c1. The smallest absolute Gasteiger partial charge is 0.283 e. The largest absolute Gasteiger partial charge is 0.361 e. The predicted molar refractivity (Wildman–Crippen MR) is 78.3 cm³/mol. The molecule has 0 aliphatic carbocycles. The van der Waals surface area contributed by atoms with Crippen molar-refractivity contribution in [3.8, 4) is 0 Å². The molecule has 2 aromatic heterocycles. The molecule has 20 heavy (non-hydrogen) atoms. The standard InChI is InChI=1S/C13H20N4O2Si/c1-20(2,3)7-6-19-11-16-8-12(15-10-16)13(18)17-5-4-14-9-17/h4-5,8-10H,6-7,11H2,1-3H3. The number of hydrogen-bond acceptors (Lipinski definition) is 4. The van der Waals surface area contributed by atoms with Crippen LogP contribution < -0.4 is 0 Å². The zero-order chi connectivity index (χ0) is 14.6.